The van der Waals surface area contributed by atoms with Crippen molar-refractivity contribution in [2.75, 3.05) is 36.5 Å². The normalized spacial score (nSPS) is 19.1. The molecule has 0 radical (unpaired) electrons. The lowest BCUT2D eigenvalue weighted by Crippen LogP contribution is -2.34. The van der Waals surface area contributed by atoms with Crippen molar-refractivity contribution in [3.63, 3.8) is 0 Å². The van der Waals surface area contributed by atoms with Crippen LogP contribution in [0, 0.1) is 35.8 Å². The summed E-state index contributed by atoms with van der Waals surface area (Å²) in [5.41, 5.74) is 5.73. The third kappa shape index (κ3) is 4.66. The molecule has 184 valence electrons. The van der Waals surface area contributed by atoms with E-state index in [-0.39, 0.29) is 11.5 Å². The van der Waals surface area contributed by atoms with Crippen molar-refractivity contribution >= 4 is 30.0 Å². The van der Waals surface area contributed by atoms with Gasteiger partial charge >= 0.3 is 0 Å². The molecule has 0 saturated carbocycles. The number of hydrogen-bond donors (Lipinski definition) is 2. The molecule has 2 aromatic carbocycles. The van der Waals surface area contributed by atoms with Crippen molar-refractivity contribution in [2.24, 2.45) is 16.9 Å². The zero-order valence-corrected chi connectivity index (χ0v) is 19.7. The van der Waals surface area contributed by atoms with Gasteiger partial charge in [0.25, 0.3) is 5.91 Å². The number of anilines is 2. The maximum atomic E-state index is 14.1. The number of hydrazone groups is 1. The lowest BCUT2D eigenvalue weighted by atomic mass is 10.0. The molecule has 0 aliphatic carbocycles. The van der Waals surface area contributed by atoms with E-state index in [2.05, 4.69) is 25.4 Å². The molecule has 1 aromatic heterocycles. The largest absolute Gasteiger partial charge is 0.340 e. The van der Waals surface area contributed by atoms with Gasteiger partial charge in [0, 0.05) is 73.8 Å². The standard InChI is InChI=1S/C26H25F2N7O/c1-16-2-5-24(33-32-7-6-29)22(8-16)25(36)34-12-18-14-35(15-19(18)13-34)26-30-10-17(11-31-26)21-4-3-20(27)9-23(21)28/h2-11,18-19,29,33H,12-15H2,1H3/b29-6?,32-7-. The average molecular weight is 490 g/mol. The van der Waals surface area contributed by atoms with Crippen molar-refractivity contribution in [1.29, 1.82) is 5.41 Å². The highest BCUT2D eigenvalue weighted by Crippen LogP contribution is 2.34. The first-order valence-corrected chi connectivity index (χ1v) is 11.6. The number of likely N-dealkylation sites (tertiary alicyclic amines) is 1. The highest BCUT2D eigenvalue weighted by molar-refractivity contribution is 6.14. The number of carbonyl (C=O) groups excluding carboxylic acids is 1. The number of aryl methyl sites for hydroxylation is 1. The summed E-state index contributed by atoms with van der Waals surface area (Å²) in [5.74, 6) is -0.179. The first-order chi connectivity index (χ1) is 17.4. The molecular weight excluding hydrogens is 464 g/mol. The van der Waals surface area contributed by atoms with Crippen LogP contribution in [0.3, 0.4) is 0 Å². The number of halogens is 2. The van der Waals surface area contributed by atoms with E-state index >= 15 is 0 Å². The maximum absolute atomic E-state index is 14.1. The van der Waals surface area contributed by atoms with Crippen molar-refractivity contribution < 1.29 is 13.6 Å². The van der Waals surface area contributed by atoms with E-state index < -0.39 is 11.6 Å². The third-order valence-electron chi connectivity index (χ3n) is 6.68. The monoisotopic (exact) mass is 489 g/mol. The Bertz CT molecular complexity index is 1310. The van der Waals surface area contributed by atoms with Gasteiger partial charge in [0.1, 0.15) is 11.6 Å². The number of hydrogen-bond acceptors (Lipinski definition) is 7. The van der Waals surface area contributed by atoms with Crippen LogP contribution in [0.2, 0.25) is 0 Å². The Labute approximate surface area is 207 Å². The molecule has 3 aromatic rings. The number of aromatic nitrogens is 2. The molecule has 2 aliphatic rings. The molecule has 1 amide bonds. The molecule has 10 heteroatoms. The molecule has 2 saturated heterocycles. The summed E-state index contributed by atoms with van der Waals surface area (Å²) in [6.07, 6.45) is 5.48. The summed E-state index contributed by atoms with van der Waals surface area (Å²) in [4.78, 5) is 26.2. The molecule has 3 heterocycles. The summed E-state index contributed by atoms with van der Waals surface area (Å²) in [5, 5.41) is 11.0. The molecule has 8 nitrogen and oxygen atoms in total. The predicted octanol–water partition coefficient (Wildman–Crippen LogP) is 3.99. The minimum Gasteiger partial charge on any atom is -0.340 e. The zero-order chi connectivity index (χ0) is 25.2. The van der Waals surface area contributed by atoms with Gasteiger partial charge in [-0.2, -0.15) is 5.10 Å². The molecule has 2 unspecified atom stereocenters. The number of fused-ring (bicyclic) bond motifs is 1. The second-order valence-corrected chi connectivity index (χ2v) is 9.14. The van der Waals surface area contributed by atoms with Gasteiger partial charge in [-0.25, -0.2) is 18.7 Å². The Morgan fingerprint density at radius 2 is 1.81 bits per heavy atom. The Morgan fingerprint density at radius 1 is 1.08 bits per heavy atom. The molecule has 0 bridgehead atoms. The molecule has 5 rings (SSSR count). The zero-order valence-electron chi connectivity index (χ0n) is 19.7. The van der Waals surface area contributed by atoms with E-state index in [0.717, 1.165) is 30.9 Å². The summed E-state index contributed by atoms with van der Waals surface area (Å²) in [7, 11) is 0. The number of carbonyl (C=O) groups is 1. The van der Waals surface area contributed by atoms with Crippen molar-refractivity contribution in [2.45, 2.75) is 6.92 Å². The van der Waals surface area contributed by atoms with E-state index in [0.29, 0.717) is 47.7 Å². The van der Waals surface area contributed by atoms with Crippen molar-refractivity contribution in [3.8, 4) is 11.1 Å². The quantitative estimate of drug-likeness (QED) is 0.403. The van der Waals surface area contributed by atoms with Gasteiger partial charge in [-0.3, -0.25) is 10.2 Å². The van der Waals surface area contributed by atoms with Crippen LogP contribution in [0.15, 0.2) is 53.9 Å². The number of nitrogens with zero attached hydrogens (tertiary/aromatic N) is 5. The van der Waals surface area contributed by atoms with Crippen LogP contribution < -0.4 is 10.3 Å². The molecule has 2 atom stereocenters. The summed E-state index contributed by atoms with van der Waals surface area (Å²) in [6.45, 7) is 4.66. The number of amides is 1. The fraction of sp³-hybridized carbons (Fsp3) is 0.269. The van der Waals surface area contributed by atoms with Gasteiger partial charge in [-0.05, 0) is 31.2 Å². The van der Waals surface area contributed by atoms with Crippen LogP contribution in [0.1, 0.15) is 15.9 Å². The maximum Gasteiger partial charge on any atom is 0.256 e. The Morgan fingerprint density at radius 3 is 2.47 bits per heavy atom. The Hall–Kier alpha value is -4.21. The second-order valence-electron chi connectivity index (χ2n) is 9.14. The molecular formula is C26H25F2N7O. The van der Waals surface area contributed by atoms with E-state index in [1.165, 1.54) is 18.3 Å². The lowest BCUT2D eigenvalue weighted by molar-refractivity contribution is 0.0783. The van der Waals surface area contributed by atoms with Gasteiger partial charge in [-0.1, -0.05) is 11.6 Å². The number of rotatable bonds is 6. The number of benzene rings is 2. The fourth-order valence-electron chi connectivity index (χ4n) is 4.92. The summed E-state index contributed by atoms with van der Waals surface area (Å²) in [6, 6.07) is 9.01. The van der Waals surface area contributed by atoms with E-state index in [1.807, 2.05) is 30.0 Å². The summed E-state index contributed by atoms with van der Waals surface area (Å²) >= 11 is 0. The third-order valence-corrected chi connectivity index (χ3v) is 6.68. The Kier molecular flexibility index (Phi) is 6.41. The summed E-state index contributed by atoms with van der Waals surface area (Å²) < 4.78 is 27.3. The molecule has 0 spiro atoms. The molecule has 2 aliphatic heterocycles. The second kappa shape index (κ2) is 9.80. The topological polar surface area (TPSA) is 97.6 Å². The molecule has 36 heavy (non-hydrogen) atoms. The first kappa shape index (κ1) is 23.5. The van der Waals surface area contributed by atoms with Crippen molar-refractivity contribution in [3.05, 3.63) is 71.6 Å². The van der Waals surface area contributed by atoms with Gasteiger partial charge in [0.2, 0.25) is 5.95 Å². The highest BCUT2D eigenvalue weighted by Gasteiger charge is 2.42. The van der Waals surface area contributed by atoms with Crippen LogP contribution in [0.25, 0.3) is 11.1 Å². The highest BCUT2D eigenvalue weighted by atomic mass is 19.1. The van der Waals surface area contributed by atoms with E-state index in [9.17, 15) is 13.6 Å². The van der Waals surface area contributed by atoms with Gasteiger partial charge in [0.05, 0.1) is 17.5 Å². The van der Waals surface area contributed by atoms with Crippen LogP contribution in [0.4, 0.5) is 20.4 Å². The van der Waals surface area contributed by atoms with Crippen LogP contribution in [-0.4, -0.2) is 59.4 Å². The van der Waals surface area contributed by atoms with Crippen LogP contribution in [0.5, 0.6) is 0 Å². The van der Waals surface area contributed by atoms with Crippen molar-refractivity contribution in [1.82, 2.24) is 14.9 Å². The lowest BCUT2D eigenvalue weighted by Gasteiger charge is -2.23. The average Bonchev–Trinajstić information content (AvgIpc) is 3.45. The Balaban J connectivity index is 1.25. The minimum atomic E-state index is -0.652. The number of nitrogens with one attached hydrogen (secondary N) is 2. The molecule has 2 fully saturated rings. The smallest absolute Gasteiger partial charge is 0.256 e. The minimum absolute atomic E-state index is 0.0471. The van der Waals surface area contributed by atoms with Gasteiger partial charge in [0.15, 0.2) is 0 Å². The predicted molar refractivity (Wildman–Crippen MR) is 135 cm³/mol. The van der Waals surface area contributed by atoms with E-state index in [4.69, 9.17) is 5.41 Å². The fourth-order valence-corrected chi connectivity index (χ4v) is 4.92. The van der Waals surface area contributed by atoms with Gasteiger partial charge < -0.3 is 15.2 Å². The first-order valence-electron chi connectivity index (χ1n) is 11.6. The van der Waals surface area contributed by atoms with E-state index in [1.54, 1.807) is 12.4 Å². The van der Waals surface area contributed by atoms with Crippen LogP contribution >= 0.6 is 0 Å². The SMILES string of the molecule is Cc1ccc(N/N=C\C=N)c(C(=O)N2CC3CN(c4ncc(-c5ccc(F)cc5F)cn4)CC3C2)c1. The van der Waals surface area contributed by atoms with Crippen LogP contribution in [-0.2, 0) is 0 Å². The van der Waals surface area contributed by atoms with Gasteiger partial charge in [-0.15, -0.1) is 0 Å². The molecule has 2 N–H and O–H groups in total.